The van der Waals surface area contributed by atoms with Gasteiger partial charge >= 0.3 is 11.9 Å². The molecule has 2 heterocycles. The molecule has 4 aromatic rings. The summed E-state index contributed by atoms with van der Waals surface area (Å²) in [6.07, 6.45) is 1.76. The summed E-state index contributed by atoms with van der Waals surface area (Å²) in [5.74, 6) is 0.694. The zero-order chi connectivity index (χ0) is 29.1. The molecule has 208 valence electrons. The molecule has 0 spiro atoms. The summed E-state index contributed by atoms with van der Waals surface area (Å²) < 4.78 is 23.6. The molecule has 0 fully saturated rings. The maximum absolute atomic E-state index is 13.9. The fourth-order valence-corrected chi connectivity index (χ4v) is 5.59. The van der Waals surface area contributed by atoms with Crippen molar-refractivity contribution in [3.8, 4) is 23.0 Å². The summed E-state index contributed by atoms with van der Waals surface area (Å²) in [7, 11) is 2.72. The van der Waals surface area contributed by atoms with E-state index in [1.54, 1.807) is 31.2 Å². The smallest absolute Gasteiger partial charge is 0.338 e. The van der Waals surface area contributed by atoms with Crippen molar-refractivity contribution in [1.29, 1.82) is 0 Å². The monoisotopic (exact) mass is 570 g/mol. The van der Waals surface area contributed by atoms with Crippen LogP contribution in [0.2, 0.25) is 0 Å². The highest BCUT2D eigenvalue weighted by Gasteiger charge is 2.33. The standard InChI is InChI=1S/C31H26N2O7S/c1-18-27(30(36)38-4)28(21-13-14-24(39-19(2)34)25(17-21)37-3)33-29(35)26(41-31(33)32-18)16-20-9-8-12-23(15-20)40-22-10-6-5-7-11-22/h5-17,28H,1-4H3/b26-16-. The highest BCUT2D eigenvalue weighted by molar-refractivity contribution is 7.07. The SMILES string of the molecule is COC(=O)C1=C(C)N=c2s/c(=C\c3cccc(Oc4ccccc4)c3)c(=O)n2C1c1ccc(OC(C)=O)c(OC)c1. The molecule has 1 aromatic heterocycles. The van der Waals surface area contributed by atoms with E-state index in [0.29, 0.717) is 32.1 Å². The molecule has 0 aliphatic carbocycles. The Labute approximate surface area is 239 Å². The van der Waals surface area contributed by atoms with E-state index in [9.17, 15) is 14.4 Å². The van der Waals surface area contributed by atoms with Crippen molar-refractivity contribution in [2.24, 2.45) is 4.99 Å². The summed E-state index contributed by atoms with van der Waals surface area (Å²) in [5.41, 5.74) is 1.63. The van der Waals surface area contributed by atoms with Gasteiger partial charge in [-0.3, -0.25) is 14.2 Å². The number of allylic oxidation sites excluding steroid dienone is 1. The highest BCUT2D eigenvalue weighted by atomic mass is 32.1. The van der Waals surface area contributed by atoms with E-state index in [1.165, 1.54) is 37.0 Å². The van der Waals surface area contributed by atoms with Gasteiger partial charge in [-0.2, -0.15) is 0 Å². The Bertz CT molecular complexity index is 1860. The normalized spacial score (nSPS) is 14.6. The average Bonchev–Trinajstić information content (AvgIpc) is 3.26. The molecule has 0 amide bonds. The van der Waals surface area contributed by atoms with Gasteiger partial charge < -0.3 is 18.9 Å². The molecule has 1 atom stereocenters. The van der Waals surface area contributed by atoms with Crippen molar-refractivity contribution in [2.45, 2.75) is 19.9 Å². The third-order valence-corrected chi connectivity index (χ3v) is 7.30. The van der Waals surface area contributed by atoms with E-state index in [-0.39, 0.29) is 22.6 Å². The van der Waals surface area contributed by atoms with Crippen LogP contribution in [0.15, 0.2) is 93.9 Å². The van der Waals surface area contributed by atoms with Gasteiger partial charge in [0.25, 0.3) is 5.56 Å². The minimum atomic E-state index is -0.853. The van der Waals surface area contributed by atoms with Crippen molar-refractivity contribution in [1.82, 2.24) is 4.57 Å². The predicted octanol–water partition coefficient (Wildman–Crippen LogP) is 4.13. The number of carbonyl (C=O) groups excluding carboxylic acids is 2. The van der Waals surface area contributed by atoms with Crippen molar-refractivity contribution in [2.75, 3.05) is 14.2 Å². The van der Waals surface area contributed by atoms with E-state index in [0.717, 1.165) is 5.56 Å². The zero-order valence-corrected chi connectivity index (χ0v) is 23.6. The molecule has 0 N–H and O–H groups in total. The number of aromatic nitrogens is 1. The first-order valence-electron chi connectivity index (χ1n) is 12.6. The van der Waals surface area contributed by atoms with Crippen molar-refractivity contribution in [3.05, 3.63) is 115 Å². The first-order valence-corrected chi connectivity index (χ1v) is 13.4. The maximum atomic E-state index is 13.9. The van der Waals surface area contributed by atoms with Crippen LogP contribution in [-0.4, -0.2) is 30.7 Å². The van der Waals surface area contributed by atoms with Crippen LogP contribution in [0.4, 0.5) is 0 Å². The quantitative estimate of drug-likeness (QED) is 0.243. The number of ether oxygens (including phenoxy) is 4. The lowest BCUT2D eigenvalue weighted by Gasteiger charge is -2.25. The van der Waals surface area contributed by atoms with Crippen LogP contribution >= 0.6 is 11.3 Å². The second kappa shape index (κ2) is 11.6. The first-order chi connectivity index (χ1) is 19.8. The zero-order valence-electron chi connectivity index (χ0n) is 22.7. The average molecular weight is 571 g/mol. The van der Waals surface area contributed by atoms with Crippen LogP contribution < -0.4 is 29.1 Å². The Balaban J connectivity index is 1.63. The fraction of sp³-hybridized carbons (Fsp3) is 0.161. The summed E-state index contributed by atoms with van der Waals surface area (Å²) in [5, 5.41) is 0. The molecule has 0 saturated carbocycles. The molecule has 10 heteroatoms. The number of benzene rings is 3. The van der Waals surface area contributed by atoms with Gasteiger partial charge in [0.05, 0.1) is 36.1 Å². The number of hydrogen-bond acceptors (Lipinski definition) is 9. The molecule has 1 aliphatic heterocycles. The van der Waals surface area contributed by atoms with Crippen molar-refractivity contribution in [3.63, 3.8) is 0 Å². The number of nitrogens with zero attached hydrogens (tertiary/aromatic N) is 2. The number of rotatable bonds is 7. The Kier molecular flexibility index (Phi) is 7.84. The molecule has 1 aliphatic rings. The maximum Gasteiger partial charge on any atom is 0.338 e. The molecular weight excluding hydrogens is 544 g/mol. The molecule has 0 saturated heterocycles. The van der Waals surface area contributed by atoms with Gasteiger partial charge in [0.15, 0.2) is 16.3 Å². The first kappa shape index (κ1) is 27.6. The van der Waals surface area contributed by atoms with Crippen molar-refractivity contribution >= 4 is 29.4 Å². The van der Waals surface area contributed by atoms with E-state index in [4.69, 9.17) is 18.9 Å². The topological polar surface area (TPSA) is 105 Å². The molecule has 1 unspecified atom stereocenters. The lowest BCUT2D eigenvalue weighted by molar-refractivity contribution is -0.136. The van der Waals surface area contributed by atoms with Crippen LogP contribution in [0.5, 0.6) is 23.0 Å². The predicted molar refractivity (Wildman–Crippen MR) is 153 cm³/mol. The van der Waals surface area contributed by atoms with Gasteiger partial charge in [-0.05, 0) is 60.5 Å². The largest absolute Gasteiger partial charge is 0.493 e. The molecule has 0 bridgehead atoms. The molecule has 41 heavy (non-hydrogen) atoms. The lowest BCUT2D eigenvalue weighted by Crippen LogP contribution is -2.39. The van der Waals surface area contributed by atoms with E-state index >= 15 is 0 Å². The third-order valence-electron chi connectivity index (χ3n) is 6.32. The fourth-order valence-electron chi connectivity index (χ4n) is 4.55. The molecule has 9 nitrogen and oxygen atoms in total. The minimum absolute atomic E-state index is 0.215. The highest BCUT2D eigenvalue weighted by Crippen LogP contribution is 2.36. The Morgan fingerprint density at radius 1 is 0.951 bits per heavy atom. The van der Waals surface area contributed by atoms with E-state index in [1.807, 2.05) is 54.6 Å². The number of hydrogen-bond donors (Lipinski definition) is 0. The number of methoxy groups -OCH3 is 2. The molecule has 3 aromatic carbocycles. The third kappa shape index (κ3) is 5.68. The van der Waals surface area contributed by atoms with Crippen molar-refractivity contribution < 1.29 is 28.5 Å². The summed E-state index contributed by atoms with van der Waals surface area (Å²) in [4.78, 5) is 43.4. The van der Waals surface area contributed by atoms with Crippen LogP contribution in [-0.2, 0) is 14.3 Å². The number of thiazole rings is 1. The van der Waals surface area contributed by atoms with Crippen LogP contribution in [0.25, 0.3) is 6.08 Å². The van der Waals surface area contributed by atoms with Gasteiger partial charge in [0, 0.05) is 6.92 Å². The van der Waals surface area contributed by atoms with E-state index < -0.39 is 18.0 Å². The molecular formula is C31H26N2O7S. The Morgan fingerprint density at radius 3 is 2.41 bits per heavy atom. The van der Waals surface area contributed by atoms with Crippen LogP contribution in [0, 0.1) is 0 Å². The van der Waals surface area contributed by atoms with Gasteiger partial charge in [-0.15, -0.1) is 0 Å². The summed E-state index contributed by atoms with van der Waals surface area (Å²) in [6.45, 7) is 2.99. The second-order valence-corrected chi connectivity index (χ2v) is 10.1. The van der Waals surface area contributed by atoms with Gasteiger partial charge in [-0.1, -0.05) is 47.7 Å². The number of carbonyl (C=O) groups is 2. The Morgan fingerprint density at radius 2 is 1.71 bits per heavy atom. The lowest BCUT2D eigenvalue weighted by atomic mass is 9.95. The summed E-state index contributed by atoms with van der Waals surface area (Å²) in [6, 6.07) is 20.8. The molecule has 5 rings (SSSR count). The van der Waals surface area contributed by atoms with Gasteiger partial charge in [0.1, 0.15) is 11.5 Å². The number of esters is 2. The van der Waals surface area contributed by atoms with Gasteiger partial charge in [0.2, 0.25) is 0 Å². The Hall–Kier alpha value is -4.96. The number of para-hydroxylation sites is 1. The van der Waals surface area contributed by atoms with Crippen LogP contribution in [0.1, 0.15) is 31.0 Å². The van der Waals surface area contributed by atoms with Crippen LogP contribution in [0.3, 0.4) is 0 Å². The summed E-state index contributed by atoms with van der Waals surface area (Å²) >= 11 is 1.21. The second-order valence-electron chi connectivity index (χ2n) is 9.06. The molecule has 0 radical (unpaired) electrons. The minimum Gasteiger partial charge on any atom is -0.493 e. The van der Waals surface area contributed by atoms with E-state index in [2.05, 4.69) is 4.99 Å². The number of fused-ring (bicyclic) bond motifs is 1. The van der Waals surface area contributed by atoms with Gasteiger partial charge in [-0.25, -0.2) is 9.79 Å².